The Bertz CT molecular complexity index is 1190. The molecule has 7 nitrogen and oxygen atoms in total. The van der Waals surface area contributed by atoms with Crippen LogP contribution in [0.3, 0.4) is 0 Å². The highest BCUT2D eigenvalue weighted by molar-refractivity contribution is 5.94. The molecule has 2 amide bonds. The number of ether oxygens (including phenoxy) is 1. The van der Waals surface area contributed by atoms with Gasteiger partial charge in [-0.15, -0.1) is 0 Å². The first-order valence-electron chi connectivity index (χ1n) is 12.3. The van der Waals surface area contributed by atoms with Crippen LogP contribution in [0.1, 0.15) is 51.4 Å². The highest BCUT2D eigenvalue weighted by Gasteiger charge is 2.23. The average Bonchev–Trinajstić information content (AvgIpc) is 3.23. The largest absolute Gasteiger partial charge is 0.497 e. The molecule has 1 aromatic heterocycles. The van der Waals surface area contributed by atoms with Gasteiger partial charge in [-0.3, -0.25) is 9.59 Å². The molecule has 192 valence electrons. The van der Waals surface area contributed by atoms with Crippen molar-refractivity contribution in [2.75, 3.05) is 25.5 Å². The zero-order valence-corrected chi connectivity index (χ0v) is 22.5. The number of benzene rings is 2. The van der Waals surface area contributed by atoms with E-state index in [2.05, 4.69) is 26.1 Å². The molecule has 0 aliphatic heterocycles. The summed E-state index contributed by atoms with van der Waals surface area (Å²) in [5.74, 6) is 1.20. The molecule has 0 unspecified atom stereocenters. The van der Waals surface area contributed by atoms with Gasteiger partial charge in [-0.25, -0.2) is 4.68 Å². The van der Waals surface area contributed by atoms with Crippen molar-refractivity contribution in [1.82, 2.24) is 14.7 Å². The molecule has 3 aromatic rings. The zero-order valence-electron chi connectivity index (χ0n) is 22.5. The number of amides is 2. The van der Waals surface area contributed by atoms with Crippen molar-refractivity contribution >= 4 is 17.6 Å². The van der Waals surface area contributed by atoms with Gasteiger partial charge in [0.25, 0.3) is 0 Å². The Morgan fingerprint density at radius 2 is 1.78 bits per heavy atom. The molecule has 0 atom stereocenters. The molecule has 0 aliphatic carbocycles. The Morgan fingerprint density at radius 1 is 1.08 bits per heavy atom. The van der Waals surface area contributed by atoms with Crippen LogP contribution < -0.4 is 10.1 Å². The minimum atomic E-state index is -0.256. The van der Waals surface area contributed by atoms with E-state index >= 15 is 0 Å². The fourth-order valence-electron chi connectivity index (χ4n) is 3.87. The summed E-state index contributed by atoms with van der Waals surface area (Å²) >= 11 is 0. The molecule has 0 fully saturated rings. The maximum absolute atomic E-state index is 13.2. The highest BCUT2D eigenvalue weighted by atomic mass is 16.5. The lowest BCUT2D eigenvalue weighted by molar-refractivity contribution is -0.134. The maximum atomic E-state index is 13.2. The normalized spacial score (nSPS) is 11.4. The van der Waals surface area contributed by atoms with Crippen LogP contribution >= 0.6 is 0 Å². The van der Waals surface area contributed by atoms with Crippen molar-refractivity contribution < 1.29 is 14.3 Å². The van der Waals surface area contributed by atoms with E-state index in [0.29, 0.717) is 12.4 Å². The molecule has 0 spiro atoms. The van der Waals surface area contributed by atoms with Gasteiger partial charge in [-0.05, 0) is 48.2 Å². The summed E-state index contributed by atoms with van der Waals surface area (Å²) in [6, 6.07) is 17.3. The second kappa shape index (κ2) is 11.4. The number of anilines is 1. The van der Waals surface area contributed by atoms with Crippen molar-refractivity contribution in [1.29, 1.82) is 0 Å². The highest BCUT2D eigenvalue weighted by Crippen LogP contribution is 2.26. The van der Waals surface area contributed by atoms with E-state index in [1.165, 1.54) is 0 Å². The van der Waals surface area contributed by atoms with Gasteiger partial charge in [0.05, 0.1) is 31.5 Å². The first-order valence-corrected chi connectivity index (χ1v) is 12.3. The minimum Gasteiger partial charge on any atom is -0.497 e. The predicted molar refractivity (Wildman–Crippen MR) is 144 cm³/mol. The Balaban J connectivity index is 1.80. The summed E-state index contributed by atoms with van der Waals surface area (Å²) in [5, 5.41) is 7.80. The lowest BCUT2D eigenvalue weighted by Gasteiger charge is -2.24. The van der Waals surface area contributed by atoms with E-state index in [9.17, 15) is 9.59 Å². The molecule has 36 heavy (non-hydrogen) atoms. The van der Waals surface area contributed by atoms with Crippen LogP contribution in [0.25, 0.3) is 5.69 Å². The molecule has 0 bridgehead atoms. The van der Waals surface area contributed by atoms with E-state index in [1.54, 1.807) is 16.7 Å². The molecule has 1 heterocycles. The number of hydrogen-bond donors (Lipinski definition) is 1. The Kier molecular flexibility index (Phi) is 8.56. The first-order chi connectivity index (χ1) is 17.0. The molecule has 0 saturated heterocycles. The Hall–Kier alpha value is -3.61. The molecular formula is C29H38N4O3. The monoisotopic (exact) mass is 490 g/mol. The molecule has 0 aliphatic rings. The van der Waals surface area contributed by atoms with Crippen molar-refractivity contribution in [3.63, 3.8) is 0 Å². The van der Waals surface area contributed by atoms with Crippen molar-refractivity contribution in [3.05, 3.63) is 71.4 Å². The molecule has 0 radical (unpaired) electrons. The summed E-state index contributed by atoms with van der Waals surface area (Å²) in [6.07, 6.45) is 0.222. The number of hydrogen-bond acceptors (Lipinski definition) is 4. The quantitative estimate of drug-likeness (QED) is 0.450. The van der Waals surface area contributed by atoms with Crippen LogP contribution in [0, 0.1) is 12.8 Å². The van der Waals surface area contributed by atoms with Gasteiger partial charge < -0.3 is 15.0 Å². The first kappa shape index (κ1) is 27.0. The summed E-state index contributed by atoms with van der Waals surface area (Å²) in [4.78, 5) is 28.0. The minimum absolute atomic E-state index is 0.0307. The second-order valence-corrected chi connectivity index (χ2v) is 10.7. The number of methoxy groups -OCH3 is 1. The summed E-state index contributed by atoms with van der Waals surface area (Å²) in [6.45, 7) is 12.8. The van der Waals surface area contributed by atoms with Gasteiger partial charge in [0, 0.05) is 18.0 Å². The smallest absolute Gasteiger partial charge is 0.245 e. The van der Waals surface area contributed by atoms with Gasteiger partial charge in [0.15, 0.2) is 0 Å². The van der Waals surface area contributed by atoms with E-state index in [-0.39, 0.29) is 36.1 Å². The standard InChI is InChI=1S/C29H38N4O3/c1-20(2)18-32(28(35)16-22-11-13-24(36-7)14-12-22)19-27(34)30-26-17-25(29(4,5)6)31-33(26)23-10-8-9-21(3)15-23/h8-15,17,20H,16,18-19H2,1-7H3,(H,30,34). The maximum Gasteiger partial charge on any atom is 0.245 e. The lowest BCUT2D eigenvalue weighted by atomic mass is 9.92. The van der Waals surface area contributed by atoms with Crippen molar-refractivity contribution in [2.24, 2.45) is 5.92 Å². The van der Waals surface area contributed by atoms with Crippen molar-refractivity contribution in [2.45, 2.75) is 53.4 Å². The topological polar surface area (TPSA) is 76.5 Å². The van der Waals surface area contributed by atoms with Crippen LogP contribution in [0.4, 0.5) is 5.82 Å². The predicted octanol–water partition coefficient (Wildman–Crippen LogP) is 5.15. The number of aryl methyl sites for hydroxylation is 1. The summed E-state index contributed by atoms with van der Waals surface area (Å²) in [5.41, 5.74) is 3.53. The zero-order chi connectivity index (χ0) is 26.5. The summed E-state index contributed by atoms with van der Waals surface area (Å²) < 4.78 is 6.96. The number of nitrogens with zero attached hydrogens (tertiary/aromatic N) is 3. The lowest BCUT2D eigenvalue weighted by Crippen LogP contribution is -2.41. The van der Waals surface area contributed by atoms with Crippen LogP contribution in [0.15, 0.2) is 54.6 Å². The fraction of sp³-hybridized carbons (Fsp3) is 0.414. The number of rotatable bonds is 9. The molecule has 1 N–H and O–H groups in total. The van der Waals surface area contributed by atoms with Crippen LogP contribution in [-0.4, -0.2) is 46.7 Å². The third kappa shape index (κ3) is 7.20. The SMILES string of the molecule is COc1ccc(CC(=O)N(CC(=O)Nc2cc(C(C)(C)C)nn2-c2cccc(C)c2)CC(C)C)cc1. The van der Waals surface area contributed by atoms with E-state index < -0.39 is 0 Å². The van der Waals surface area contributed by atoms with E-state index in [4.69, 9.17) is 9.84 Å². The van der Waals surface area contributed by atoms with Gasteiger partial charge >= 0.3 is 0 Å². The Morgan fingerprint density at radius 3 is 2.36 bits per heavy atom. The molecule has 7 heteroatoms. The number of carbonyl (C=O) groups excluding carboxylic acids is 2. The van der Waals surface area contributed by atoms with Gasteiger partial charge in [0.1, 0.15) is 11.6 Å². The van der Waals surface area contributed by atoms with Gasteiger partial charge in [-0.1, -0.05) is 58.9 Å². The Labute approximate surface area is 214 Å². The summed E-state index contributed by atoms with van der Waals surface area (Å²) in [7, 11) is 1.61. The molecule has 2 aromatic carbocycles. The van der Waals surface area contributed by atoms with Gasteiger partial charge in [-0.2, -0.15) is 5.10 Å². The molecule has 0 saturated carbocycles. The van der Waals surface area contributed by atoms with E-state index in [1.807, 2.05) is 75.4 Å². The average molecular weight is 491 g/mol. The number of carbonyl (C=O) groups is 2. The second-order valence-electron chi connectivity index (χ2n) is 10.7. The third-order valence-corrected chi connectivity index (χ3v) is 5.78. The van der Waals surface area contributed by atoms with Crippen molar-refractivity contribution in [3.8, 4) is 11.4 Å². The molecule has 3 rings (SSSR count). The third-order valence-electron chi connectivity index (χ3n) is 5.78. The van der Waals surface area contributed by atoms with E-state index in [0.717, 1.165) is 28.3 Å². The van der Waals surface area contributed by atoms with Crippen LogP contribution in [0.2, 0.25) is 0 Å². The molecular weight excluding hydrogens is 452 g/mol. The van der Waals surface area contributed by atoms with Gasteiger partial charge in [0.2, 0.25) is 11.8 Å². The fourth-order valence-corrected chi connectivity index (χ4v) is 3.87. The number of nitrogens with one attached hydrogen (secondary N) is 1. The number of aromatic nitrogens is 2. The van der Waals surface area contributed by atoms with Crippen LogP contribution in [0.5, 0.6) is 5.75 Å². The van der Waals surface area contributed by atoms with Crippen LogP contribution in [-0.2, 0) is 21.4 Å².